The highest BCUT2D eigenvalue weighted by atomic mass is 16.5. The minimum Gasteiger partial charge on any atom is -0.381 e. The average molecular weight is 290 g/mol. The number of nitrogens with zero attached hydrogens (tertiary/aromatic N) is 6. The summed E-state index contributed by atoms with van der Waals surface area (Å²) in [4.78, 5) is 17.0. The lowest BCUT2D eigenvalue weighted by Gasteiger charge is -2.23. The van der Waals surface area contributed by atoms with Crippen LogP contribution in [-0.4, -0.2) is 55.5 Å². The highest BCUT2D eigenvalue weighted by molar-refractivity contribution is 5.38. The maximum Gasteiger partial charge on any atom is 0.258 e. The molecule has 0 bridgehead atoms. The maximum absolute atomic E-state index is 5.35. The maximum atomic E-state index is 5.35. The van der Waals surface area contributed by atoms with E-state index in [1.165, 1.54) is 11.0 Å². The van der Waals surface area contributed by atoms with Crippen molar-refractivity contribution in [2.24, 2.45) is 0 Å². The summed E-state index contributed by atoms with van der Waals surface area (Å²) in [6.07, 6.45) is 4.90. The lowest BCUT2D eigenvalue weighted by Crippen LogP contribution is -2.29. The van der Waals surface area contributed by atoms with Crippen molar-refractivity contribution in [2.45, 2.75) is 25.8 Å². The van der Waals surface area contributed by atoms with Gasteiger partial charge in [-0.3, -0.25) is 0 Å². The van der Waals surface area contributed by atoms with Gasteiger partial charge in [0.2, 0.25) is 11.9 Å². The molecule has 0 aromatic carbocycles. The van der Waals surface area contributed by atoms with Gasteiger partial charge in [0, 0.05) is 25.8 Å². The average Bonchev–Trinajstić information content (AvgIpc) is 3.03. The van der Waals surface area contributed by atoms with E-state index in [9.17, 15) is 0 Å². The Morgan fingerprint density at radius 3 is 2.76 bits per heavy atom. The Labute approximate surface area is 122 Å². The van der Waals surface area contributed by atoms with E-state index < -0.39 is 0 Å². The van der Waals surface area contributed by atoms with E-state index in [4.69, 9.17) is 4.74 Å². The molecule has 9 heteroatoms. The van der Waals surface area contributed by atoms with E-state index in [2.05, 4.69) is 35.7 Å². The second kappa shape index (κ2) is 6.44. The number of rotatable bonds is 5. The molecular weight excluding hydrogens is 272 g/mol. The Morgan fingerprint density at radius 2 is 2.05 bits per heavy atom. The molecule has 0 saturated carbocycles. The fourth-order valence-electron chi connectivity index (χ4n) is 2.10. The molecule has 21 heavy (non-hydrogen) atoms. The van der Waals surface area contributed by atoms with Gasteiger partial charge in [-0.2, -0.15) is 24.7 Å². The van der Waals surface area contributed by atoms with Crippen molar-refractivity contribution >= 4 is 11.9 Å². The summed E-state index contributed by atoms with van der Waals surface area (Å²) in [5.74, 6) is 1.50. The van der Waals surface area contributed by atoms with Crippen LogP contribution in [0.25, 0.3) is 5.95 Å². The first kappa shape index (κ1) is 13.7. The van der Waals surface area contributed by atoms with Gasteiger partial charge in [0.05, 0.1) is 0 Å². The van der Waals surface area contributed by atoms with Crippen molar-refractivity contribution in [2.75, 3.05) is 30.4 Å². The predicted molar refractivity (Wildman–Crippen MR) is 76.4 cm³/mol. The Morgan fingerprint density at radius 1 is 1.24 bits per heavy atom. The molecule has 2 aromatic heterocycles. The zero-order chi connectivity index (χ0) is 14.5. The Bertz CT molecular complexity index is 567. The molecule has 112 valence electrons. The summed E-state index contributed by atoms with van der Waals surface area (Å²) < 4.78 is 6.87. The van der Waals surface area contributed by atoms with Gasteiger partial charge in [0.1, 0.15) is 12.7 Å². The third-order valence-corrected chi connectivity index (χ3v) is 3.14. The van der Waals surface area contributed by atoms with Gasteiger partial charge in [-0.1, -0.05) is 0 Å². The molecule has 2 N–H and O–H groups in total. The van der Waals surface area contributed by atoms with Crippen LogP contribution in [0.5, 0.6) is 0 Å². The second-order valence-corrected chi connectivity index (χ2v) is 4.68. The van der Waals surface area contributed by atoms with Gasteiger partial charge in [-0.25, -0.2) is 4.98 Å². The first-order valence-corrected chi connectivity index (χ1v) is 7.04. The molecule has 1 aliphatic rings. The van der Waals surface area contributed by atoms with E-state index in [0.29, 0.717) is 23.9 Å². The molecule has 0 spiro atoms. The second-order valence-electron chi connectivity index (χ2n) is 4.68. The first-order valence-electron chi connectivity index (χ1n) is 7.04. The summed E-state index contributed by atoms with van der Waals surface area (Å²) in [7, 11) is 0. The van der Waals surface area contributed by atoms with Gasteiger partial charge >= 0.3 is 0 Å². The van der Waals surface area contributed by atoms with Crippen LogP contribution in [-0.2, 0) is 4.74 Å². The summed E-state index contributed by atoms with van der Waals surface area (Å²) in [5, 5.41) is 10.5. The lowest BCUT2D eigenvalue weighted by molar-refractivity contribution is 0.0903. The molecule has 1 fully saturated rings. The fraction of sp³-hybridized carbons (Fsp3) is 0.583. The Kier molecular flexibility index (Phi) is 4.20. The topological polar surface area (TPSA) is 103 Å². The normalized spacial score (nSPS) is 15.9. The van der Waals surface area contributed by atoms with Crippen LogP contribution in [0.3, 0.4) is 0 Å². The molecule has 3 heterocycles. The van der Waals surface area contributed by atoms with Crippen molar-refractivity contribution in [3.63, 3.8) is 0 Å². The number of aromatic nitrogens is 6. The highest BCUT2D eigenvalue weighted by Gasteiger charge is 2.16. The van der Waals surface area contributed by atoms with Gasteiger partial charge in [-0.15, -0.1) is 0 Å². The smallest absolute Gasteiger partial charge is 0.258 e. The standard InChI is InChI=1S/C12H18N8O/c1-2-14-10-17-11(16-9-3-5-21-6-4-9)19-12(18-10)20-8-13-7-15-20/h7-9H,2-6H2,1H3,(H2,14,16,17,18,19). The van der Waals surface area contributed by atoms with Crippen molar-refractivity contribution in [3.8, 4) is 5.95 Å². The third kappa shape index (κ3) is 3.43. The van der Waals surface area contributed by atoms with Gasteiger partial charge in [0.25, 0.3) is 5.95 Å². The van der Waals surface area contributed by atoms with Crippen LogP contribution in [0.4, 0.5) is 11.9 Å². The molecule has 3 rings (SSSR count). The van der Waals surface area contributed by atoms with Crippen LogP contribution >= 0.6 is 0 Å². The van der Waals surface area contributed by atoms with Crippen LogP contribution < -0.4 is 10.6 Å². The summed E-state index contributed by atoms with van der Waals surface area (Å²) in [6.45, 7) is 4.25. The number of ether oxygens (including phenoxy) is 1. The quantitative estimate of drug-likeness (QED) is 0.819. The van der Waals surface area contributed by atoms with E-state index in [1.54, 1.807) is 6.33 Å². The Balaban J connectivity index is 1.84. The van der Waals surface area contributed by atoms with Crippen molar-refractivity contribution in [3.05, 3.63) is 12.7 Å². The largest absolute Gasteiger partial charge is 0.381 e. The van der Waals surface area contributed by atoms with E-state index in [-0.39, 0.29) is 0 Å². The summed E-state index contributed by atoms with van der Waals surface area (Å²) in [5.41, 5.74) is 0. The van der Waals surface area contributed by atoms with Crippen LogP contribution in [0, 0.1) is 0 Å². The Hall–Kier alpha value is -2.29. The minimum absolute atomic E-state index is 0.319. The molecule has 9 nitrogen and oxygen atoms in total. The van der Waals surface area contributed by atoms with Crippen molar-refractivity contribution in [1.82, 2.24) is 29.7 Å². The first-order chi connectivity index (χ1) is 10.3. The van der Waals surface area contributed by atoms with Crippen LogP contribution in [0.15, 0.2) is 12.7 Å². The molecule has 2 aromatic rings. The number of hydrogen-bond acceptors (Lipinski definition) is 8. The fourth-order valence-corrected chi connectivity index (χ4v) is 2.10. The number of hydrogen-bond donors (Lipinski definition) is 2. The lowest BCUT2D eigenvalue weighted by atomic mass is 10.1. The van der Waals surface area contributed by atoms with Crippen LogP contribution in [0.2, 0.25) is 0 Å². The van der Waals surface area contributed by atoms with Gasteiger partial charge in [0.15, 0.2) is 0 Å². The predicted octanol–water partition coefficient (Wildman–Crippen LogP) is 0.475. The zero-order valence-corrected chi connectivity index (χ0v) is 11.9. The van der Waals surface area contributed by atoms with E-state index >= 15 is 0 Å². The number of nitrogens with one attached hydrogen (secondary N) is 2. The van der Waals surface area contributed by atoms with Gasteiger partial charge in [-0.05, 0) is 19.8 Å². The van der Waals surface area contributed by atoms with E-state index in [0.717, 1.165) is 32.6 Å². The summed E-state index contributed by atoms with van der Waals surface area (Å²) >= 11 is 0. The monoisotopic (exact) mass is 290 g/mol. The molecule has 0 unspecified atom stereocenters. The molecule has 0 aliphatic carbocycles. The molecular formula is C12H18N8O. The van der Waals surface area contributed by atoms with E-state index in [1.807, 2.05) is 6.92 Å². The SMILES string of the molecule is CCNc1nc(NC2CCOCC2)nc(-n2cncn2)n1. The molecule has 1 saturated heterocycles. The van der Waals surface area contributed by atoms with Gasteiger partial charge < -0.3 is 15.4 Å². The molecule has 0 radical (unpaired) electrons. The zero-order valence-electron chi connectivity index (χ0n) is 11.9. The third-order valence-electron chi connectivity index (χ3n) is 3.14. The van der Waals surface area contributed by atoms with Crippen molar-refractivity contribution < 1.29 is 4.74 Å². The molecule has 0 atom stereocenters. The van der Waals surface area contributed by atoms with Crippen LogP contribution in [0.1, 0.15) is 19.8 Å². The van der Waals surface area contributed by atoms with Crippen molar-refractivity contribution in [1.29, 1.82) is 0 Å². The summed E-state index contributed by atoms with van der Waals surface area (Å²) in [6, 6.07) is 0.319. The highest BCUT2D eigenvalue weighted by Crippen LogP contribution is 2.14. The number of anilines is 2. The molecule has 0 amide bonds. The molecule has 1 aliphatic heterocycles. The minimum atomic E-state index is 0.319.